The first-order valence-corrected chi connectivity index (χ1v) is 7.07. The van der Waals surface area contributed by atoms with Gasteiger partial charge in [-0.05, 0) is 12.2 Å². The van der Waals surface area contributed by atoms with Crippen LogP contribution in [0.1, 0.15) is 6.42 Å². The molecule has 2 aromatic heterocycles. The molecular formula is C10H12ClN5S. The van der Waals surface area contributed by atoms with Crippen molar-refractivity contribution in [3.63, 3.8) is 0 Å². The summed E-state index contributed by atoms with van der Waals surface area (Å²) in [4.78, 5) is 10.5. The lowest BCUT2D eigenvalue weighted by molar-refractivity contribution is 0.770. The minimum absolute atomic E-state index is 0.470. The molecule has 0 unspecified atom stereocenters. The van der Waals surface area contributed by atoms with Crippen molar-refractivity contribution >= 4 is 35.0 Å². The number of halogens is 1. The first-order valence-electron chi connectivity index (χ1n) is 5.53. The lowest BCUT2D eigenvalue weighted by Gasteiger charge is -2.22. The number of aromatic nitrogens is 4. The van der Waals surface area contributed by atoms with E-state index in [1.165, 1.54) is 18.5 Å². The summed E-state index contributed by atoms with van der Waals surface area (Å²) in [6.07, 6.45) is 2.69. The largest absolute Gasteiger partial charge is 0.356 e. The molecule has 0 saturated carbocycles. The Morgan fingerprint density at radius 1 is 1.29 bits per heavy atom. The van der Waals surface area contributed by atoms with E-state index in [-0.39, 0.29) is 0 Å². The zero-order valence-electron chi connectivity index (χ0n) is 9.21. The van der Waals surface area contributed by atoms with Crippen molar-refractivity contribution < 1.29 is 0 Å². The van der Waals surface area contributed by atoms with E-state index in [9.17, 15) is 0 Å². The van der Waals surface area contributed by atoms with Gasteiger partial charge in [0.15, 0.2) is 0 Å². The van der Waals surface area contributed by atoms with Crippen LogP contribution in [0.25, 0.3) is 5.78 Å². The maximum atomic E-state index is 6.02. The molecule has 1 fully saturated rings. The average molecular weight is 270 g/mol. The number of hydrogen-bond donors (Lipinski definition) is 0. The van der Waals surface area contributed by atoms with Gasteiger partial charge in [0.05, 0.1) is 0 Å². The second kappa shape index (κ2) is 4.70. The highest BCUT2D eigenvalue weighted by atomic mass is 35.5. The average Bonchev–Trinajstić information content (AvgIpc) is 2.62. The van der Waals surface area contributed by atoms with Gasteiger partial charge in [0.2, 0.25) is 0 Å². The zero-order valence-corrected chi connectivity index (χ0v) is 10.8. The maximum absolute atomic E-state index is 6.02. The Balaban J connectivity index is 2.05. The molecule has 0 N–H and O–H groups in total. The van der Waals surface area contributed by atoms with Gasteiger partial charge in [0.25, 0.3) is 5.78 Å². The quantitative estimate of drug-likeness (QED) is 0.738. The smallest absolute Gasteiger partial charge is 0.255 e. The minimum Gasteiger partial charge on any atom is -0.356 e. The van der Waals surface area contributed by atoms with E-state index in [0.717, 1.165) is 24.7 Å². The van der Waals surface area contributed by atoms with Gasteiger partial charge in [-0.25, -0.2) is 0 Å². The van der Waals surface area contributed by atoms with Crippen LogP contribution in [-0.4, -0.2) is 44.2 Å². The molecular weight excluding hydrogens is 258 g/mol. The van der Waals surface area contributed by atoms with Crippen LogP contribution in [0.4, 0.5) is 5.82 Å². The summed E-state index contributed by atoms with van der Waals surface area (Å²) in [5.41, 5.74) is 0. The third kappa shape index (κ3) is 2.19. The monoisotopic (exact) mass is 269 g/mol. The van der Waals surface area contributed by atoms with Crippen LogP contribution in [0.2, 0.25) is 5.15 Å². The molecule has 0 amide bonds. The summed E-state index contributed by atoms with van der Waals surface area (Å²) < 4.78 is 1.75. The van der Waals surface area contributed by atoms with E-state index in [0.29, 0.717) is 10.9 Å². The van der Waals surface area contributed by atoms with Gasteiger partial charge in [0.1, 0.15) is 17.3 Å². The van der Waals surface area contributed by atoms with Crippen LogP contribution in [0, 0.1) is 0 Å². The van der Waals surface area contributed by atoms with Crippen molar-refractivity contribution in [2.24, 2.45) is 0 Å². The molecule has 0 bridgehead atoms. The molecule has 0 radical (unpaired) electrons. The second-order valence-corrected chi connectivity index (χ2v) is 5.47. The van der Waals surface area contributed by atoms with Gasteiger partial charge in [0, 0.05) is 24.9 Å². The van der Waals surface area contributed by atoms with Crippen LogP contribution < -0.4 is 4.90 Å². The standard InChI is InChI=1S/C10H12ClN5S/c11-8-6-9(15-2-1-4-17-5-3-15)16-10(14-8)12-7-13-16/h6-7H,1-5H2. The van der Waals surface area contributed by atoms with Crippen molar-refractivity contribution in [3.05, 3.63) is 17.5 Å². The number of nitrogens with zero attached hydrogens (tertiary/aromatic N) is 5. The van der Waals surface area contributed by atoms with Crippen molar-refractivity contribution in [2.45, 2.75) is 6.42 Å². The van der Waals surface area contributed by atoms with Crippen molar-refractivity contribution in [2.75, 3.05) is 29.5 Å². The molecule has 3 rings (SSSR count). The van der Waals surface area contributed by atoms with Gasteiger partial charge in [-0.15, -0.1) is 0 Å². The molecule has 0 atom stereocenters. The Bertz CT molecular complexity index is 520. The Kier molecular flexibility index (Phi) is 3.07. The van der Waals surface area contributed by atoms with Crippen LogP contribution in [0.5, 0.6) is 0 Å². The lowest BCUT2D eigenvalue weighted by Crippen LogP contribution is -2.27. The van der Waals surface area contributed by atoms with Crippen LogP contribution in [0.15, 0.2) is 12.4 Å². The normalized spacial score (nSPS) is 17.4. The van der Waals surface area contributed by atoms with E-state index in [4.69, 9.17) is 11.6 Å². The molecule has 2 aromatic rings. The van der Waals surface area contributed by atoms with E-state index >= 15 is 0 Å². The van der Waals surface area contributed by atoms with E-state index in [1.807, 2.05) is 17.8 Å². The summed E-state index contributed by atoms with van der Waals surface area (Å²) in [5, 5.41) is 4.67. The predicted octanol–water partition coefficient (Wildman–Crippen LogP) is 1.72. The third-order valence-corrected chi connectivity index (χ3v) is 3.99. The number of fused-ring (bicyclic) bond motifs is 1. The predicted molar refractivity (Wildman–Crippen MR) is 69.9 cm³/mol. The van der Waals surface area contributed by atoms with Crippen LogP contribution >= 0.6 is 23.4 Å². The number of hydrogen-bond acceptors (Lipinski definition) is 5. The zero-order chi connectivity index (χ0) is 11.7. The lowest BCUT2D eigenvalue weighted by atomic mass is 10.4. The maximum Gasteiger partial charge on any atom is 0.255 e. The fourth-order valence-electron chi connectivity index (χ4n) is 1.97. The van der Waals surface area contributed by atoms with Crippen LogP contribution in [0.3, 0.4) is 0 Å². The number of rotatable bonds is 1. The molecule has 1 aliphatic heterocycles. The van der Waals surface area contributed by atoms with Gasteiger partial charge < -0.3 is 4.90 Å². The summed E-state index contributed by atoms with van der Waals surface area (Å²) in [5.74, 6) is 3.90. The van der Waals surface area contributed by atoms with Crippen LogP contribution in [-0.2, 0) is 0 Å². The molecule has 0 aliphatic carbocycles. The van der Waals surface area contributed by atoms with Gasteiger partial charge in [-0.2, -0.15) is 31.3 Å². The Hall–Kier alpha value is -1.01. The minimum atomic E-state index is 0.470. The number of thioether (sulfide) groups is 1. The van der Waals surface area contributed by atoms with E-state index in [1.54, 1.807) is 4.52 Å². The van der Waals surface area contributed by atoms with Gasteiger partial charge in [-0.1, -0.05) is 11.6 Å². The molecule has 17 heavy (non-hydrogen) atoms. The summed E-state index contributed by atoms with van der Waals surface area (Å²) in [6.45, 7) is 2.04. The van der Waals surface area contributed by atoms with E-state index in [2.05, 4.69) is 20.0 Å². The van der Waals surface area contributed by atoms with Gasteiger partial charge in [-0.3, -0.25) is 0 Å². The molecule has 5 nitrogen and oxygen atoms in total. The number of anilines is 1. The second-order valence-electron chi connectivity index (χ2n) is 3.86. The molecule has 0 aromatic carbocycles. The first-order chi connectivity index (χ1) is 8.34. The van der Waals surface area contributed by atoms with Crippen molar-refractivity contribution in [1.82, 2.24) is 19.6 Å². The molecule has 3 heterocycles. The molecule has 90 valence electrons. The summed E-state index contributed by atoms with van der Waals surface area (Å²) in [6, 6.07) is 1.86. The molecule has 1 aliphatic rings. The van der Waals surface area contributed by atoms with Crippen molar-refractivity contribution in [3.8, 4) is 0 Å². The Morgan fingerprint density at radius 3 is 3.18 bits per heavy atom. The van der Waals surface area contributed by atoms with Crippen molar-refractivity contribution in [1.29, 1.82) is 0 Å². The third-order valence-electron chi connectivity index (χ3n) is 2.75. The van der Waals surface area contributed by atoms with E-state index < -0.39 is 0 Å². The Labute approximate surface area is 108 Å². The Morgan fingerprint density at radius 2 is 2.24 bits per heavy atom. The molecule has 1 saturated heterocycles. The highest BCUT2D eigenvalue weighted by Gasteiger charge is 2.15. The molecule has 7 heteroatoms. The highest BCUT2D eigenvalue weighted by Crippen LogP contribution is 2.21. The SMILES string of the molecule is Clc1cc(N2CCCSCC2)n2ncnc2n1. The fourth-order valence-corrected chi connectivity index (χ4v) is 3.03. The fraction of sp³-hybridized carbons (Fsp3) is 0.500. The summed E-state index contributed by atoms with van der Waals surface area (Å²) in [7, 11) is 0. The first kappa shape index (κ1) is 11.1. The van der Waals surface area contributed by atoms with Gasteiger partial charge >= 0.3 is 0 Å². The summed E-state index contributed by atoms with van der Waals surface area (Å²) >= 11 is 8.01. The molecule has 0 spiro atoms. The highest BCUT2D eigenvalue weighted by molar-refractivity contribution is 7.99. The topological polar surface area (TPSA) is 46.3 Å².